The summed E-state index contributed by atoms with van der Waals surface area (Å²) in [5.74, 6) is 0. The summed E-state index contributed by atoms with van der Waals surface area (Å²) in [6, 6.07) is 4.45. The molecule has 0 amide bonds. The number of benzene rings is 1. The Bertz CT molecular complexity index is 400. The van der Waals surface area contributed by atoms with Crippen LogP contribution in [0.2, 0.25) is 5.02 Å². The minimum Gasteiger partial charge on any atom is -0.225 e. The molecule has 0 aliphatic heterocycles. The highest BCUT2D eigenvalue weighted by atomic mass is 35.5. The Kier molecular flexibility index (Phi) is 2.41. The average molecular weight is 206 g/mol. The third-order valence-corrected chi connectivity index (χ3v) is 2.75. The van der Waals surface area contributed by atoms with Crippen LogP contribution in [0.3, 0.4) is 0 Å². The first-order valence-corrected chi connectivity index (χ1v) is 5.12. The van der Waals surface area contributed by atoms with Gasteiger partial charge in [0.2, 0.25) is 10.0 Å². The molecule has 0 aliphatic rings. The van der Waals surface area contributed by atoms with Crippen molar-refractivity contribution in [2.75, 3.05) is 0 Å². The fourth-order valence-electron chi connectivity index (χ4n) is 0.932. The molecule has 1 aromatic rings. The molecule has 0 saturated heterocycles. The molecule has 66 valence electrons. The van der Waals surface area contributed by atoms with Crippen LogP contribution in [0.5, 0.6) is 0 Å². The van der Waals surface area contributed by atoms with Crippen LogP contribution in [-0.4, -0.2) is 8.42 Å². The number of nitrogens with two attached hydrogens (primary N) is 1. The van der Waals surface area contributed by atoms with E-state index in [1.54, 1.807) is 13.0 Å². The van der Waals surface area contributed by atoms with Gasteiger partial charge in [-0.2, -0.15) is 0 Å². The molecule has 12 heavy (non-hydrogen) atoms. The largest absolute Gasteiger partial charge is 0.238 e. The molecule has 0 aromatic heterocycles. The molecule has 5 heteroatoms. The molecule has 2 N–H and O–H groups in total. The summed E-state index contributed by atoms with van der Waals surface area (Å²) < 4.78 is 21.8. The zero-order valence-electron chi connectivity index (χ0n) is 6.41. The standard InChI is InChI=1S/C7H8ClNO2S/c1-5-4-6(8)2-3-7(5)12(9,10)11/h2-4H,1H3,(H2,9,10,11). The van der Waals surface area contributed by atoms with Gasteiger partial charge >= 0.3 is 0 Å². The van der Waals surface area contributed by atoms with Gasteiger partial charge in [-0.05, 0) is 30.7 Å². The Balaban J connectivity index is 3.39. The van der Waals surface area contributed by atoms with E-state index in [0.717, 1.165) is 0 Å². The van der Waals surface area contributed by atoms with Gasteiger partial charge in [-0.15, -0.1) is 0 Å². The summed E-state index contributed by atoms with van der Waals surface area (Å²) in [4.78, 5) is 0.118. The molecule has 0 saturated carbocycles. The maximum Gasteiger partial charge on any atom is 0.238 e. The van der Waals surface area contributed by atoms with E-state index in [9.17, 15) is 8.42 Å². The molecular weight excluding hydrogens is 198 g/mol. The SMILES string of the molecule is Cc1cc(Cl)ccc1S(N)(=O)=O. The number of aryl methyl sites for hydroxylation is 1. The second-order valence-corrected chi connectivity index (χ2v) is 4.42. The molecule has 0 aliphatic carbocycles. The lowest BCUT2D eigenvalue weighted by atomic mass is 10.2. The highest BCUT2D eigenvalue weighted by Gasteiger charge is 2.10. The average Bonchev–Trinajstić information content (AvgIpc) is 1.83. The summed E-state index contributed by atoms with van der Waals surface area (Å²) in [7, 11) is -3.61. The summed E-state index contributed by atoms with van der Waals surface area (Å²) in [5, 5.41) is 5.44. The Morgan fingerprint density at radius 3 is 2.42 bits per heavy atom. The smallest absolute Gasteiger partial charge is 0.225 e. The van der Waals surface area contributed by atoms with E-state index in [4.69, 9.17) is 16.7 Å². The Morgan fingerprint density at radius 2 is 2.00 bits per heavy atom. The van der Waals surface area contributed by atoms with Crippen molar-refractivity contribution in [3.05, 3.63) is 28.8 Å². The maximum absolute atomic E-state index is 10.9. The first-order chi connectivity index (χ1) is 5.41. The van der Waals surface area contributed by atoms with Crippen LogP contribution in [-0.2, 0) is 10.0 Å². The van der Waals surface area contributed by atoms with Crippen molar-refractivity contribution in [1.82, 2.24) is 0 Å². The van der Waals surface area contributed by atoms with Crippen LogP contribution in [0.25, 0.3) is 0 Å². The predicted octanol–water partition coefficient (Wildman–Crippen LogP) is 1.30. The number of rotatable bonds is 1. The van der Waals surface area contributed by atoms with Crippen LogP contribution in [0.4, 0.5) is 0 Å². The van der Waals surface area contributed by atoms with E-state index >= 15 is 0 Å². The zero-order valence-corrected chi connectivity index (χ0v) is 7.98. The fraction of sp³-hybridized carbons (Fsp3) is 0.143. The highest BCUT2D eigenvalue weighted by molar-refractivity contribution is 7.89. The Morgan fingerprint density at radius 1 is 1.42 bits per heavy atom. The van der Waals surface area contributed by atoms with Gasteiger partial charge in [0.1, 0.15) is 0 Å². The van der Waals surface area contributed by atoms with Gasteiger partial charge in [-0.1, -0.05) is 11.6 Å². The molecule has 0 radical (unpaired) electrons. The normalized spacial score (nSPS) is 11.6. The first-order valence-electron chi connectivity index (χ1n) is 3.20. The second-order valence-electron chi connectivity index (χ2n) is 2.45. The second kappa shape index (κ2) is 3.05. The molecule has 0 atom stereocenters. The van der Waals surface area contributed by atoms with Crippen molar-refractivity contribution in [3.63, 3.8) is 0 Å². The molecule has 0 spiro atoms. The third-order valence-electron chi connectivity index (χ3n) is 1.44. The van der Waals surface area contributed by atoms with Crippen molar-refractivity contribution >= 4 is 21.6 Å². The van der Waals surface area contributed by atoms with Crippen molar-refractivity contribution in [1.29, 1.82) is 0 Å². The maximum atomic E-state index is 10.9. The predicted molar refractivity (Wildman–Crippen MR) is 47.6 cm³/mol. The van der Waals surface area contributed by atoms with Crippen molar-refractivity contribution in [3.8, 4) is 0 Å². The van der Waals surface area contributed by atoms with Crippen LogP contribution in [0.1, 0.15) is 5.56 Å². The van der Waals surface area contributed by atoms with E-state index in [-0.39, 0.29) is 4.90 Å². The van der Waals surface area contributed by atoms with Gasteiger partial charge in [0.25, 0.3) is 0 Å². The number of halogens is 1. The number of sulfonamides is 1. The van der Waals surface area contributed by atoms with Crippen LogP contribution >= 0.6 is 11.6 Å². The fourth-order valence-corrected chi connectivity index (χ4v) is 1.92. The van der Waals surface area contributed by atoms with Crippen LogP contribution < -0.4 is 5.14 Å². The minimum atomic E-state index is -3.61. The molecule has 0 fully saturated rings. The van der Waals surface area contributed by atoms with Crippen molar-refractivity contribution in [2.45, 2.75) is 11.8 Å². The lowest BCUT2D eigenvalue weighted by Gasteiger charge is -2.02. The van der Waals surface area contributed by atoms with Gasteiger partial charge in [0, 0.05) is 5.02 Å². The van der Waals surface area contributed by atoms with Gasteiger partial charge < -0.3 is 0 Å². The molecule has 0 unspecified atom stereocenters. The van der Waals surface area contributed by atoms with Crippen LogP contribution in [0.15, 0.2) is 23.1 Å². The van der Waals surface area contributed by atoms with E-state index in [1.165, 1.54) is 12.1 Å². The van der Waals surface area contributed by atoms with Gasteiger partial charge in [0.15, 0.2) is 0 Å². The number of hydrogen-bond acceptors (Lipinski definition) is 2. The third kappa shape index (κ3) is 1.97. The van der Waals surface area contributed by atoms with Crippen LogP contribution in [0, 0.1) is 6.92 Å². The molecule has 1 aromatic carbocycles. The van der Waals surface area contributed by atoms with E-state index in [2.05, 4.69) is 0 Å². The lowest BCUT2D eigenvalue weighted by Crippen LogP contribution is -2.13. The van der Waals surface area contributed by atoms with Gasteiger partial charge in [-0.3, -0.25) is 0 Å². The number of primary sulfonamides is 1. The summed E-state index contributed by atoms with van der Waals surface area (Å²) in [6.45, 7) is 1.64. The molecule has 3 nitrogen and oxygen atoms in total. The van der Waals surface area contributed by atoms with Gasteiger partial charge in [-0.25, -0.2) is 13.6 Å². The Labute approximate surface area is 76.2 Å². The molecule has 0 bridgehead atoms. The molecule has 0 heterocycles. The monoisotopic (exact) mass is 205 g/mol. The summed E-state index contributed by atoms with van der Waals surface area (Å²) >= 11 is 5.63. The lowest BCUT2D eigenvalue weighted by molar-refractivity contribution is 0.597. The van der Waals surface area contributed by atoms with E-state index in [0.29, 0.717) is 10.6 Å². The first kappa shape index (κ1) is 9.51. The summed E-state index contributed by atoms with van der Waals surface area (Å²) in [6.07, 6.45) is 0. The Hall–Kier alpha value is -0.580. The molecular formula is C7H8ClNO2S. The minimum absolute atomic E-state index is 0.118. The number of hydrogen-bond donors (Lipinski definition) is 1. The zero-order chi connectivity index (χ0) is 9.35. The van der Waals surface area contributed by atoms with Gasteiger partial charge in [0.05, 0.1) is 4.90 Å². The highest BCUT2D eigenvalue weighted by Crippen LogP contribution is 2.17. The van der Waals surface area contributed by atoms with Crippen molar-refractivity contribution in [2.24, 2.45) is 5.14 Å². The topological polar surface area (TPSA) is 60.2 Å². The van der Waals surface area contributed by atoms with E-state index < -0.39 is 10.0 Å². The van der Waals surface area contributed by atoms with Crippen molar-refractivity contribution < 1.29 is 8.42 Å². The quantitative estimate of drug-likeness (QED) is 0.751. The summed E-state index contributed by atoms with van der Waals surface area (Å²) in [5.41, 5.74) is 0.560. The molecule has 1 rings (SSSR count). The van der Waals surface area contributed by atoms with E-state index in [1.807, 2.05) is 0 Å².